The predicted octanol–water partition coefficient (Wildman–Crippen LogP) is 5.99. The van der Waals surface area contributed by atoms with E-state index in [1.807, 2.05) is 37.2 Å². The van der Waals surface area contributed by atoms with Crippen LogP contribution in [0.25, 0.3) is 22.0 Å². The molecule has 1 heterocycles. The Hall–Kier alpha value is -3.93. The Labute approximate surface area is 224 Å². The van der Waals surface area contributed by atoms with Crippen molar-refractivity contribution in [3.63, 3.8) is 0 Å². The van der Waals surface area contributed by atoms with Gasteiger partial charge in [-0.3, -0.25) is 4.79 Å². The molecule has 0 unspecified atom stereocenters. The van der Waals surface area contributed by atoms with Crippen molar-refractivity contribution in [3.8, 4) is 11.1 Å². The first-order valence-electron chi connectivity index (χ1n) is 13.7. The Bertz CT molecular complexity index is 1410. The lowest BCUT2D eigenvalue weighted by Crippen LogP contribution is -2.34. The molecule has 38 heavy (non-hydrogen) atoms. The molecule has 6 heteroatoms. The number of rotatable bonds is 7. The van der Waals surface area contributed by atoms with Gasteiger partial charge in [-0.1, -0.05) is 60.7 Å². The third-order valence-corrected chi connectivity index (χ3v) is 8.13. The van der Waals surface area contributed by atoms with Gasteiger partial charge < -0.3 is 15.5 Å². The zero-order chi connectivity index (χ0) is 26.1. The average Bonchev–Trinajstić information content (AvgIpc) is 3.25. The molecular weight excluding hydrogens is 470 g/mol. The molecule has 2 aliphatic rings. The Morgan fingerprint density at radius 1 is 0.842 bits per heavy atom. The molecule has 0 bridgehead atoms. The highest BCUT2D eigenvalue weighted by Crippen LogP contribution is 2.46. The molecule has 194 valence electrons. The van der Waals surface area contributed by atoms with Crippen LogP contribution in [-0.2, 0) is 4.79 Å². The van der Waals surface area contributed by atoms with Gasteiger partial charge in [-0.25, -0.2) is 4.98 Å². The number of benzene rings is 3. The second-order valence-electron chi connectivity index (χ2n) is 10.9. The number of nitrogens with zero attached hydrogens (tertiary/aromatic N) is 3. The van der Waals surface area contributed by atoms with E-state index in [0.29, 0.717) is 24.3 Å². The van der Waals surface area contributed by atoms with E-state index in [1.165, 1.54) is 22.3 Å². The van der Waals surface area contributed by atoms with E-state index in [0.717, 1.165) is 48.9 Å². The van der Waals surface area contributed by atoms with Crippen LogP contribution in [0.4, 0.5) is 11.8 Å². The van der Waals surface area contributed by atoms with Gasteiger partial charge in [0.05, 0.1) is 5.52 Å². The van der Waals surface area contributed by atoms with Gasteiger partial charge in [0.25, 0.3) is 0 Å². The van der Waals surface area contributed by atoms with E-state index < -0.39 is 0 Å². The van der Waals surface area contributed by atoms with Crippen LogP contribution in [0.15, 0.2) is 72.8 Å². The van der Waals surface area contributed by atoms with E-state index >= 15 is 0 Å². The quantitative estimate of drug-likeness (QED) is 0.323. The Morgan fingerprint density at radius 3 is 2.16 bits per heavy atom. The van der Waals surface area contributed by atoms with Gasteiger partial charge in [0.2, 0.25) is 11.9 Å². The number of anilines is 2. The normalized spacial score (nSPS) is 18.6. The molecule has 0 saturated heterocycles. The van der Waals surface area contributed by atoms with Gasteiger partial charge >= 0.3 is 0 Å². The SMILES string of the molecule is CN(C)c1nc(NC2CCC(CNC(=O)CC3c4ccccc4-c4ccccc43)CC2)nc2ccccc12. The first-order valence-corrected chi connectivity index (χ1v) is 13.7. The summed E-state index contributed by atoms with van der Waals surface area (Å²) >= 11 is 0. The second-order valence-corrected chi connectivity index (χ2v) is 10.9. The van der Waals surface area contributed by atoms with Crippen LogP contribution in [0, 0.1) is 5.92 Å². The zero-order valence-electron chi connectivity index (χ0n) is 22.2. The maximum atomic E-state index is 13.0. The number of carbonyl (C=O) groups is 1. The minimum absolute atomic E-state index is 0.136. The van der Waals surface area contributed by atoms with Crippen LogP contribution in [0.2, 0.25) is 0 Å². The number of hydrogen-bond acceptors (Lipinski definition) is 5. The van der Waals surface area contributed by atoms with Gasteiger partial charge in [-0.15, -0.1) is 0 Å². The molecule has 3 aromatic carbocycles. The van der Waals surface area contributed by atoms with E-state index in [9.17, 15) is 4.79 Å². The number of hydrogen-bond donors (Lipinski definition) is 2. The standard InChI is InChI=1S/C32H35N5O/c1-37(2)31-27-13-7-8-14-29(27)35-32(36-31)34-22-17-15-21(16-18-22)20-33-30(38)19-28-25-11-5-3-9-23(25)24-10-4-6-12-26(24)28/h3-14,21-22,28H,15-20H2,1-2H3,(H,33,38)(H,34,35,36). The van der Waals surface area contributed by atoms with Crippen molar-refractivity contribution < 1.29 is 4.79 Å². The number of amides is 1. The fourth-order valence-corrected chi connectivity index (χ4v) is 6.15. The van der Waals surface area contributed by atoms with E-state index in [1.54, 1.807) is 0 Å². The monoisotopic (exact) mass is 505 g/mol. The fourth-order valence-electron chi connectivity index (χ4n) is 6.15. The van der Waals surface area contributed by atoms with Gasteiger partial charge in [-0.05, 0) is 66.0 Å². The molecule has 0 atom stereocenters. The number of carbonyl (C=O) groups excluding carboxylic acids is 1. The number of aromatic nitrogens is 2. The highest BCUT2D eigenvalue weighted by Gasteiger charge is 2.30. The third kappa shape index (κ3) is 4.83. The molecule has 4 aromatic rings. The summed E-state index contributed by atoms with van der Waals surface area (Å²) in [7, 11) is 4.03. The summed E-state index contributed by atoms with van der Waals surface area (Å²) in [5.74, 6) is 2.41. The van der Waals surface area contributed by atoms with E-state index in [4.69, 9.17) is 9.97 Å². The highest BCUT2D eigenvalue weighted by atomic mass is 16.1. The largest absolute Gasteiger partial charge is 0.362 e. The smallest absolute Gasteiger partial charge is 0.225 e. The summed E-state index contributed by atoms with van der Waals surface area (Å²) < 4.78 is 0. The third-order valence-electron chi connectivity index (χ3n) is 8.13. The minimum atomic E-state index is 0.136. The molecule has 0 spiro atoms. The lowest BCUT2D eigenvalue weighted by molar-refractivity contribution is -0.121. The molecule has 0 aliphatic heterocycles. The summed E-state index contributed by atoms with van der Waals surface area (Å²) in [6.45, 7) is 0.749. The van der Waals surface area contributed by atoms with Crippen LogP contribution in [0.1, 0.15) is 49.1 Å². The van der Waals surface area contributed by atoms with Crippen LogP contribution in [0.5, 0.6) is 0 Å². The van der Waals surface area contributed by atoms with Crippen LogP contribution >= 0.6 is 0 Å². The van der Waals surface area contributed by atoms with Gasteiger partial charge in [0.15, 0.2) is 0 Å². The topological polar surface area (TPSA) is 70.2 Å². The van der Waals surface area contributed by atoms with Gasteiger partial charge in [0, 0.05) is 44.4 Å². The van der Waals surface area contributed by atoms with Gasteiger partial charge in [0.1, 0.15) is 5.82 Å². The summed E-state index contributed by atoms with van der Waals surface area (Å²) in [5, 5.41) is 7.90. The van der Waals surface area contributed by atoms with Crippen LogP contribution < -0.4 is 15.5 Å². The number of fused-ring (bicyclic) bond motifs is 4. The molecule has 6 rings (SSSR count). The molecule has 1 saturated carbocycles. The highest BCUT2D eigenvalue weighted by molar-refractivity contribution is 5.90. The van der Waals surface area contributed by atoms with Crippen LogP contribution in [-0.4, -0.2) is 42.6 Å². The first kappa shape index (κ1) is 24.4. The molecule has 2 aliphatic carbocycles. The lowest BCUT2D eigenvalue weighted by Gasteiger charge is -2.29. The Morgan fingerprint density at radius 2 is 1.47 bits per heavy atom. The summed E-state index contributed by atoms with van der Waals surface area (Å²) in [5.41, 5.74) is 6.02. The summed E-state index contributed by atoms with van der Waals surface area (Å²) in [6.07, 6.45) is 4.77. The lowest BCUT2D eigenvalue weighted by atomic mass is 9.86. The van der Waals surface area contributed by atoms with E-state index in [-0.39, 0.29) is 11.8 Å². The van der Waals surface area contributed by atoms with Crippen LogP contribution in [0.3, 0.4) is 0 Å². The maximum absolute atomic E-state index is 13.0. The van der Waals surface area contributed by atoms with Crippen molar-refractivity contribution in [3.05, 3.63) is 83.9 Å². The first-order chi connectivity index (χ1) is 18.6. The van der Waals surface area contributed by atoms with Crippen molar-refractivity contribution in [2.24, 2.45) is 5.92 Å². The average molecular weight is 506 g/mol. The zero-order valence-corrected chi connectivity index (χ0v) is 22.2. The predicted molar refractivity (Wildman–Crippen MR) is 155 cm³/mol. The summed E-state index contributed by atoms with van der Waals surface area (Å²) in [4.78, 5) is 24.6. The molecule has 6 nitrogen and oxygen atoms in total. The molecule has 1 aromatic heterocycles. The number of para-hydroxylation sites is 1. The maximum Gasteiger partial charge on any atom is 0.225 e. The fraction of sp³-hybridized carbons (Fsp3) is 0.344. The molecule has 1 amide bonds. The Kier molecular flexibility index (Phi) is 6.71. The number of nitrogens with one attached hydrogen (secondary N) is 2. The minimum Gasteiger partial charge on any atom is -0.362 e. The Balaban J connectivity index is 1.02. The van der Waals surface area contributed by atoms with Crippen molar-refractivity contribution in [1.29, 1.82) is 0 Å². The van der Waals surface area contributed by atoms with Crippen molar-refractivity contribution in [2.45, 2.75) is 44.1 Å². The van der Waals surface area contributed by atoms with E-state index in [2.05, 4.69) is 65.2 Å². The molecule has 2 N–H and O–H groups in total. The van der Waals surface area contributed by atoms with Crippen molar-refractivity contribution in [2.75, 3.05) is 30.9 Å². The van der Waals surface area contributed by atoms with Crippen molar-refractivity contribution >= 4 is 28.6 Å². The summed E-state index contributed by atoms with van der Waals surface area (Å²) in [6, 6.07) is 25.5. The molecular formula is C32H35N5O. The second kappa shape index (κ2) is 10.4. The van der Waals surface area contributed by atoms with Gasteiger partial charge in [-0.2, -0.15) is 4.98 Å². The van der Waals surface area contributed by atoms with Crippen molar-refractivity contribution in [1.82, 2.24) is 15.3 Å². The molecule has 1 fully saturated rings. The molecule has 0 radical (unpaired) electrons.